The van der Waals surface area contributed by atoms with Gasteiger partial charge in [-0.15, -0.1) is 0 Å². The van der Waals surface area contributed by atoms with Crippen molar-refractivity contribution < 1.29 is 273 Å². The summed E-state index contributed by atoms with van der Waals surface area (Å²) in [7, 11) is -2.09. The summed E-state index contributed by atoms with van der Waals surface area (Å²) in [4.78, 5) is 0. The predicted octanol–water partition coefficient (Wildman–Crippen LogP) is 2.09. The van der Waals surface area contributed by atoms with Crippen molar-refractivity contribution >= 4 is 7.37 Å². The third kappa shape index (κ3) is 23.0. The molecule has 1 aliphatic rings. The maximum atomic E-state index is 11.4. The zero-order valence-corrected chi connectivity index (χ0v) is 14.1. The monoisotopic (exact) mass is 428 g/mol. The Labute approximate surface area is 309 Å². The van der Waals surface area contributed by atoms with Crippen LogP contribution in [0.1, 0.15) is 19.8 Å². The van der Waals surface area contributed by atoms with Crippen LogP contribution in [0, 0.1) is 264 Å². The molecular formula is C6H13Ar7O2P. The van der Waals surface area contributed by atoms with E-state index in [-0.39, 0.29) is 264 Å². The smallest absolute Gasteiger partial charge is 0.202 e. The van der Waals surface area contributed by atoms with Gasteiger partial charge in [0.25, 0.3) is 0 Å². The normalized spacial score (nSPS) is 20.6. The molecule has 0 aromatic heterocycles. The minimum atomic E-state index is -2.09. The van der Waals surface area contributed by atoms with Crippen LogP contribution >= 0.6 is 7.37 Å². The second-order valence-electron chi connectivity index (χ2n) is 2.39. The van der Waals surface area contributed by atoms with Crippen molar-refractivity contribution in [1.29, 1.82) is 0 Å². The Hall–Kier alpha value is 9.01. The van der Waals surface area contributed by atoms with Gasteiger partial charge in [-0.2, -0.15) is 0 Å². The molecule has 0 aromatic rings. The molecule has 1 saturated heterocycles. The molecule has 0 spiro atoms. The van der Waals surface area contributed by atoms with Gasteiger partial charge in [0.15, 0.2) is 0 Å². The molecule has 110 valence electrons. The quantitative estimate of drug-likeness (QED) is 0.599. The Kier molecular flexibility index (Phi) is 80.0. The summed E-state index contributed by atoms with van der Waals surface area (Å²) < 4.78 is 16.5. The summed E-state index contributed by atoms with van der Waals surface area (Å²) in [5.74, 6) is 0. The first-order valence-electron chi connectivity index (χ1n) is 3.49. The molecule has 0 amide bonds. The fourth-order valence-electron chi connectivity index (χ4n) is 1.000. The number of rotatable bonds is 1. The van der Waals surface area contributed by atoms with E-state index in [1.165, 1.54) is 0 Å². The molecule has 0 radical (unpaired) electrons. The molecule has 0 bridgehead atoms. The molecule has 0 saturated carbocycles. The van der Waals surface area contributed by atoms with Gasteiger partial charge in [-0.05, 0) is 12.8 Å². The van der Waals surface area contributed by atoms with Crippen LogP contribution in [-0.2, 0) is 9.09 Å². The van der Waals surface area contributed by atoms with Gasteiger partial charge in [0.1, 0.15) is 0 Å². The molecule has 0 aromatic carbocycles. The van der Waals surface area contributed by atoms with E-state index in [0.717, 1.165) is 19.0 Å². The molecule has 1 heterocycles. The van der Waals surface area contributed by atoms with Crippen LogP contribution < -0.4 is 0 Å². The summed E-state index contributed by atoms with van der Waals surface area (Å²) >= 11 is 0. The maximum absolute atomic E-state index is 11.4. The van der Waals surface area contributed by atoms with Crippen molar-refractivity contribution in [3.63, 3.8) is 0 Å². The molecule has 16 heavy (non-hydrogen) atoms. The molecule has 10 heteroatoms. The van der Waals surface area contributed by atoms with E-state index in [4.69, 9.17) is 4.52 Å². The predicted molar refractivity (Wildman–Crippen MR) is 38.2 cm³/mol. The first-order valence-corrected chi connectivity index (χ1v) is 5.49. The Morgan fingerprint density at radius 3 is 1.56 bits per heavy atom. The van der Waals surface area contributed by atoms with Gasteiger partial charge >= 0.3 is 0 Å². The van der Waals surface area contributed by atoms with E-state index in [0.29, 0.717) is 12.8 Å². The van der Waals surface area contributed by atoms with Gasteiger partial charge in [-0.3, -0.25) is 4.57 Å². The van der Waals surface area contributed by atoms with Gasteiger partial charge in [-0.25, -0.2) is 0 Å². The van der Waals surface area contributed by atoms with Crippen LogP contribution in [0.4, 0.5) is 0 Å². The molecular weight excluding hydrogens is 415 g/mol. The van der Waals surface area contributed by atoms with Gasteiger partial charge in [0.2, 0.25) is 7.37 Å². The van der Waals surface area contributed by atoms with E-state index in [2.05, 4.69) is 0 Å². The van der Waals surface area contributed by atoms with Crippen LogP contribution in [0.25, 0.3) is 0 Å². The minimum absolute atomic E-state index is 0. The largest absolute Gasteiger partial charge is 0.328 e. The van der Waals surface area contributed by atoms with Crippen molar-refractivity contribution in [3.8, 4) is 0 Å². The molecule has 1 fully saturated rings. The first-order chi connectivity index (χ1) is 4.27. The average Bonchev–Trinajstić information content (AvgIpc) is 1.90. The van der Waals surface area contributed by atoms with E-state index in [9.17, 15) is 4.57 Å². The van der Waals surface area contributed by atoms with Gasteiger partial charge < -0.3 is 4.52 Å². The Balaban J connectivity index is -0.0000000231. The van der Waals surface area contributed by atoms with Crippen molar-refractivity contribution in [2.24, 2.45) is 0 Å². The van der Waals surface area contributed by atoms with E-state index >= 15 is 0 Å². The van der Waals surface area contributed by atoms with Crippen LogP contribution in [0.5, 0.6) is 0 Å². The van der Waals surface area contributed by atoms with E-state index in [1.54, 1.807) is 0 Å². The van der Waals surface area contributed by atoms with Crippen molar-refractivity contribution in [3.05, 3.63) is 0 Å². The molecule has 1 atom stereocenters. The molecule has 0 N–H and O–H groups in total. The van der Waals surface area contributed by atoms with Crippen LogP contribution in [0.2, 0.25) is 0 Å². The van der Waals surface area contributed by atoms with Gasteiger partial charge in [-0.1, -0.05) is 6.92 Å². The van der Waals surface area contributed by atoms with Gasteiger partial charge in [0, 0.05) is 276 Å². The maximum Gasteiger partial charge on any atom is 0.202 e. The minimum Gasteiger partial charge on any atom is -0.328 e. The van der Waals surface area contributed by atoms with Crippen LogP contribution in [0.3, 0.4) is 0 Å². The molecule has 1 aliphatic heterocycles. The summed E-state index contributed by atoms with van der Waals surface area (Å²) in [5.41, 5.74) is 0. The van der Waals surface area contributed by atoms with Crippen molar-refractivity contribution in [1.82, 2.24) is 0 Å². The Morgan fingerprint density at radius 2 is 1.38 bits per heavy atom. The molecule has 1 rings (SSSR count). The van der Waals surface area contributed by atoms with E-state index in [1.807, 2.05) is 6.92 Å². The number of hydrogen-bond acceptors (Lipinski definition) is 2. The van der Waals surface area contributed by atoms with Crippen LogP contribution in [-0.4, -0.2) is 18.9 Å². The zero-order chi connectivity index (χ0) is 6.74. The third-order valence-electron chi connectivity index (χ3n) is 1.70. The molecule has 2 nitrogen and oxygen atoms in total. The van der Waals surface area contributed by atoms with Gasteiger partial charge in [0.05, 0.1) is 6.61 Å². The fourth-order valence-corrected chi connectivity index (χ4v) is 2.79. The summed E-state index contributed by atoms with van der Waals surface area (Å²) in [5, 5.41) is 0. The standard InChI is InChI=1S/C6H13O2P.7Ar/c1-2-9(7)6-4-3-5-8-9;;;;;;;/h2-6H2,1H3;;;;;;;. The topological polar surface area (TPSA) is 26.3 Å². The Morgan fingerprint density at radius 1 is 0.938 bits per heavy atom. The average molecular weight is 428 g/mol. The first kappa shape index (κ1) is 44.4. The molecule has 0 aliphatic carbocycles. The fraction of sp³-hybridized carbons (Fsp3) is 1.00. The second-order valence-corrected chi connectivity index (χ2v) is 5.36. The Bertz CT molecular complexity index is 139. The number of hydrogen-bond donors (Lipinski definition) is 0. The van der Waals surface area contributed by atoms with Crippen LogP contribution in [0.15, 0.2) is 0 Å². The van der Waals surface area contributed by atoms with Crippen molar-refractivity contribution in [2.75, 3.05) is 18.9 Å². The molecule has 1 unspecified atom stereocenters. The summed E-state index contributed by atoms with van der Waals surface area (Å²) in [6.45, 7) is 2.65. The third-order valence-corrected chi connectivity index (χ3v) is 4.32. The summed E-state index contributed by atoms with van der Waals surface area (Å²) in [6, 6.07) is 0. The SMILES string of the molecule is CCP1(=O)CCCCO1.[Ar].[Ar].[Ar].[Ar].[Ar].[Ar].[Ar]. The summed E-state index contributed by atoms with van der Waals surface area (Å²) in [6.07, 6.45) is 3.70. The van der Waals surface area contributed by atoms with E-state index < -0.39 is 7.37 Å². The van der Waals surface area contributed by atoms with Crippen molar-refractivity contribution in [2.45, 2.75) is 19.8 Å². The zero-order valence-electron chi connectivity index (χ0n) is 8.27. The second kappa shape index (κ2) is 28.8.